The summed E-state index contributed by atoms with van der Waals surface area (Å²) in [5.74, 6) is -5.99. The summed E-state index contributed by atoms with van der Waals surface area (Å²) in [6, 6.07) is -1.29. The lowest BCUT2D eigenvalue weighted by molar-refractivity contribution is -0.146. The van der Waals surface area contributed by atoms with Gasteiger partial charge < -0.3 is 20.8 Å². The molecule has 0 spiro atoms. The molecule has 0 aromatic carbocycles. The van der Waals surface area contributed by atoms with Crippen molar-refractivity contribution in [1.82, 2.24) is 10.6 Å². The summed E-state index contributed by atoms with van der Waals surface area (Å²) in [7, 11) is 0. The van der Waals surface area contributed by atoms with Gasteiger partial charge in [-0.1, -0.05) is 0 Å². The third kappa shape index (κ3) is 5.90. The summed E-state index contributed by atoms with van der Waals surface area (Å²) in [6.07, 6.45) is -5.83. The number of amides is 2. The van der Waals surface area contributed by atoms with Crippen LogP contribution in [0.15, 0.2) is 0 Å². The first kappa shape index (κ1) is 15.4. The Bertz CT molecular complexity index is 287. The van der Waals surface area contributed by atoms with Crippen LogP contribution in [-0.4, -0.2) is 53.8 Å². The number of alkyl halides is 4. The van der Waals surface area contributed by atoms with Crippen molar-refractivity contribution in [3.05, 3.63) is 0 Å². The minimum Gasteiger partial charge on any atom is -0.479 e. The SMILES string of the molecule is O=C(NC[C@H](O)C(=O)O)NCC(F)(F)C(F)F. The summed E-state index contributed by atoms with van der Waals surface area (Å²) in [5.41, 5.74) is 0. The second-order valence-corrected chi connectivity index (χ2v) is 2.98. The molecule has 0 radical (unpaired) electrons. The van der Waals surface area contributed by atoms with Crippen LogP contribution >= 0.6 is 0 Å². The third-order valence-corrected chi connectivity index (χ3v) is 1.54. The van der Waals surface area contributed by atoms with Gasteiger partial charge in [0.25, 0.3) is 0 Å². The van der Waals surface area contributed by atoms with Crippen molar-refractivity contribution in [1.29, 1.82) is 0 Å². The number of rotatable bonds is 6. The summed E-state index contributed by atoms with van der Waals surface area (Å²) >= 11 is 0. The minimum atomic E-state index is -4.37. The molecule has 100 valence electrons. The van der Waals surface area contributed by atoms with E-state index in [-0.39, 0.29) is 0 Å². The fraction of sp³-hybridized carbons (Fsp3) is 0.714. The molecule has 0 saturated carbocycles. The summed E-state index contributed by atoms with van der Waals surface area (Å²) < 4.78 is 47.9. The second kappa shape index (κ2) is 6.23. The van der Waals surface area contributed by atoms with Crippen molar-refractivity contribution in [3.63, 3.8) is 0 Å². The van der Waals surface area contributed by atoms with E-state index in [1.54, 1.807) is 5.32 Å². The average Bonchev–Trinajstić information content (AvgIpc) is 2.22. The van der Waals surface area contributed by atoms with Crippen molar-refractivity contribution < 1.29 is 37.4 Å². The highest BCUT2D eigenvalue weighted by atomic mass is 19.3. The van der Waals surface area contributed by atoms with Crippen LogP contribution < -0.4 is 10.6 Å². The topological polar surface area (TPSA) is 98.7 Å². The second-order valence-electron chi connectivity index (χ2n) is 2.98. The maximum absolute atomic E-state index is 12.3. The molecular weight excluding hydrogens is 252 g/mol. The van der Waals surface area contributed by atoms with Gasteiger partial charge in [-0.15, -0.1) is 0 Å². The monoisotopic (exact) mass is 262 g/mol. The number of carboxylic acid groups (broad SMARTS) is 1. The zero-order valence-electron chi connectivity index (χ0n) is 8.29. The van der Waals surface area contributed by atoms with E-state index in [0.29, 0.717) is 0 Å². The lowest BCUT2D eigenvalue weighted by Crippen LogP contribution is -2.47. The van der Waals surface area contributed by atoms with E-state index in [0.717, 1.165) is 0 Å². The Morgan fingerprint density at radius 3 is 2.18 bits per heavy atom. The zero-order chi connectivity index (χ0) is 13.6. The Balaban J connectivity index is 3.93. The molecule has 0 rings (SSSR count). The highest BCUT2D eigenvalue weighted by molar-refractivity contribution is 5.76. The minimum absolute atomic E-state index is 0.735. The molecule has 17 heavy (non-hydrogen) atoms. The van der Waals surface area contributed by atoms with Crippen LogP contribution in [0, 0.1) is 0 Å². The molecule has 0 aliphatic heterocycles. The number of nitrogens with one attached hydrogen (secondary N) is 2. The van der Waals surface area contributed by atoms with Gasteiger partial charge >= 0.3 is 24.3 Å². The highest BCUT2D eigenvalue weighted by Crippen LogP contribution is 2.21. The molecule has 0 aromatic rings. The number of carboxylic acids is 1. The molecule has 6 nitrogen and oxygen atoms in total. The molecule has 0 aliphatic rings. The van der Waals surface area contributed by atoms with Gasteiger partial charge in [0.15, 0.2) is 6.10 Å². The maximum atomic E-state index is 12.3. The van der Waals surface area contributed by atoms with E-state index >= 15 is 0 Å². The normalized spacial score (nSPS) is 13.3. The number of carbonyl (C=O) groups is 2. The maximum Gasteiger partial charge on any atom is 0.334 e. The van der Waals surface area contributed by atoms with Crippen LogP contribution in [0.1, 0.15) is 0 Å². The predicted molar refractivity (Wildman–Crippen MR) is 46.0 cm³/mol. The largest absolute Gasteiger partial charge is 0.479 e. The van der Waals surface area contributed by atoms with Crippen LogP contribution in [0.2, 0.25) is 0 Å². The van der Waals surface area contributed by atoms with E-state index < -0.39 is 43.5 Å². The Kier molecular flexibility index (Phi) is 5.65. The molecule has 0 heterocycles. The summed E-state index contributed by atoms with van der Waals surface area (Å²) in [4.78, 5) is 20.8. The van der Waals surface area contributed by atoms with Crippen LogP contribution in [0.25, 0.3) is 0 Å². The number of aliphatic hydroxyl groups is 1. The Labute approximate surface area is 92.6 Å². The molecule has 1 atom stereocenters. The Hall–Kier alpha value is -1.58. The van der Waals surface area contributed by atoms with Crippen molar-refractivity contribution in [3.8, 4) is 0 Å². The molecule has 2 amide bonds. The molecule has 0 unspecified atom stereocenters. The van der Waals surface area contributed by atoms with Crippen LogP contribution in [-0.2, 0) is 4.79 Å². The predicted octanol–water partition coefficient (Wildman–Crippen LogP) is -0.369. The van der Waals surface area contributed by atoms with Gasteiger partial charge in [0.1, 0.15) is 0 Å². The van der Waals surface area contributed by atoms with Crippen LogP contribution in [0.3, 0.4) is 0 Å². The zero-order valence-corrected chi connectivity index (χ0v) is 8.29. The summed E-state index contributed by atoms with van der Waals surface area (Å²) in [6.45, 7) is -2.33. The van der Waals surface area contributed by atoms with Crippen LogP contribution in [0.5, 0.6) is 0 Å². The lowest BCUT2D eigenvalue weighted by Gasteiger charge is -2.16. The van der Waals surface area contributed by atoms with Crippen LogP contribution in [0.4, 0.5) is 22.4 Å². The molecule has 0 fully saturated rings. The van der Waals surface area contributed by atoms with E-state index in [1.807, 2.05) is 0 Å². The van der Waals surface area contributed by atoms with Crippen molar-refractivity contribution in [2.75, 3.05) is 13.1 Å². The average molecular weight is 262 g/mol. The van der Waals surface area contributed by atoms with Gasteiger partial charge in [0.05, 0.1) is 13.1 Å². The first-order valence-corrected chi connectivity index (χ1v) is 4.25. The molecule has 0 bridgehead atoms. The van der Waals surface area contributed by atoms with Crippen molar-refractivity contribution in [2.45, 2.75) is 18.5 Å². The van der Waals surface area contributed by atoms with Crippen molar-refractivity contribution in [2.24, 2.45) is 0 Å². The fourth-order valence-electron chi connectivity index (χ4n) is 0.614. The fourth-order valence-corrected chi connectivity index (χ4v) is 0.614. The lowest BCUT2D eigenvalue weighted by atomic mass is 10.3. The first-order chi connectivity index (χ1) is 7.66. The number of hydrogen-bond donors (Lipinski definition) is 4. The van der Waals surface area contributed by atoms with Gasteiger partial charge in [-0.3, -0.25) is 0 Å². The third-order valence-electron chi connectivity index (χ3n) is 1.54. The van der Waals surface area contributed by atoms with E-state index in [9.17, 15) is 27.2 Å². The summed E-state index contributed by atoms with van der Waals surface area (Å²) in [5, 5.41) is 20.0. The van der Waals surface area contributed by atoms with Gasteiger partial charge in [-0.2, -0.15) is 8.78 Å². The number of aliphatic hydroxyl groups excluding tert-OH is 1. The first-order valence-electron chi connectivity index (χ1n) is 4.25. The molecule has 0 aromatic heterocycles. The number of aliphatic carboxylic acids is 1. The van der Waals surface area contributed by atoms with Gasteiger partial charge in [-0.25, -0.2) is 18.4 Å². The molecule has 0 saturated heterocycles. The van der Waals surface area contributed by atoms with E-state index in [4.69, 9.17) is 10.2 Å². The van der Waals surface area contributed by atoms with E-state index in [2.05, 4.69) is 0 Å². The molecular formula is C7H10F4N2O4. The number of urea groups is 1. The van der Waals surface area contributed by atoms with Gasteiger partial charge in [0, 0.05) is 0 Å². The smallest absolute Gasteiger partial charge is 0.334 e. The number of carbonyl (C=O) groups excluding carboxylic acids is 1. The van der Waals surface area contributed by atoms with Gasteiger partial charge in [0.2, 0.25) is 0 Å². The standard InChI is InChI=1S/C7H10F4N2O4/c8-5(9)7(10,11)2-13-6(17)12-1-3(14)4(15)16/h3,5,14H,1-2H2,(H,15,16)(H2,12,13,17)/t3-/m0/s1. The van der Waals surface area contributed by atoms with Crippen molar-refractivity contribution >= 4 is 12.0 Å². The molecule has 4 N–H and O–H groups in total. The molecule has 10 heteroatoms. The Morgan fingerprint density at radius 1 is 1.24 bits per heavy atom. The Morgan fingerprint density at radius 2 is 1.76 bits per heavy atom. The van der Waals surface area contributed by atoms with Gasteiger partial charge in [-0.05, 0) is 0 Å². The number of hydrogen-bond acceptors (Lipinski definition) is 3. The quantitative estimate of drug-likeness (QED) is 0.491. The highest BCUT2D eigenvalue weighted by Gasteiger charge is 2.40. The van der Waals surface area contributed by atoms with E-state index in [1.165, 1.54) is 5.32 Å². The molecule has 0 aliphatic carbocycles. The number of halogens is 4.